The van der Waals surface area contributed by atoms with E-state index in [9.17, 15) is 4.79 Å². The average molecular weight is 267 g/mol. The molecule has 102 valence electrons. The van der Waals surface area contributed by atoms with E-state index in [0.717, 1.165) is 18.4 Å². The lowest BCUT2D eigenvalue weighted by Gasteiger charge is -2.08. The Labute approximate surface area is 118 Å². The molecule has 2 N–H and O–H groups in total. The van der Waals surface area contributed by atoms with Crippen LogP contribution in [0.15, 0.2) is 42.5 Å². The summed E-state index contributed by atoms with van der Waals surface area (Å²) in [5.41, 5.74) is 10.5. The Hall–Kier alpha value is -2.29. The third-order valence-corrected chi connectivity index (χ3v) is 3.71. The molecule has 3 rings (SSSR count). The monoisotopic (exact) mass is 267 g/mol. The van der Waals surface area contributed by atoms with E-state index in [1.54, 1.807) is 24.3 Å². The minimum absolute atomic E-state index is 0.292. The van der Waals surface area contributed by atoms with Crippen molar-refractivity contribution < 1.29 is 9.53 Å². The second kappa shape index (κ2) is 5.37. The summed E-state index contributed by atoms with van der Waals surface area (Å²) in [7, 11) is 0. The third kappa shape index (κ3) is 2.52. The van der Waals surface area contributed by atoms with Gasteiger partial charge in [-0.1, -0.05) is 30.3 Å². The number of ether oxygens (including phenoxy) is 1. The van der Waals surface area contributed by atoms with Gasteiger partial charge in [0.15, 0.2) is 0 Å². The molecule has 0 bridgehead atoms. The second-order valence-corrected chi connectivity index (χ2v) is 5.12. The molecular weight excluding hydrogens is 250 g/mol. The van der Waals surface area contributed by atoms with Crippen molar-refractivity contribution in [1.29, 1.82) is 0 Å². The van der Waals surface area contributed by atoms with Gasteiger partial charge < -0.3 is 10.5 Å². The molecule has 0 atom stereocenters. The molecule has 1 aliphatic rings. The van der Waals surface area contributed by atoms with Crippen LogP contribution in [-0.2, 0) is 24.2 Å². The summed E-state index contributed by atoms with van der Waals surface area (Å²) in [6.07, 6.45) is 3.51. The van der Waals surface area contributed by atoms with Crippen LogP contribution in [0.25, 0.3) is 0 Å². The number of benzene rings is 2. The number of anilines is 1. The van der Waals surface area contributed by atoms with Crippen molar-refractivity contribution in [2.75, 3.05) is 5.73 Å². The van der Waals surface area contributed by atoms with Crippen LogP contribution in [0.4, 0.5) is 5.69 Å². The predicted molar refractivity (Wildman–Crippen MR) is 78.4 cm³/mol. The molecule has 0 radical (unpaired) electrons. The molecular formula is C17H17NO2. The smallest absolute Gasteiger partial charge is 0.340 e. The molecule has 0 aromatic heterocycles. The van der Waals surface area contributed by atoms with Crippen LogP contribution in [0.5, 0.6) is 0 Å². The van der Waals surface area contributed by atoms with Crippen molar-refractivity contribution in [3.05, 3.63) is 64.7 Å². The van der Waals surface area contributed by atoms with Gasteiger partial charge in [0.25, 0.3) is 0 Å². The molecule has 0 spiro atoms. The van der Waals surface area contributed by atoms with Gasteiger partial charge in [-0.15, -0.1) is 0 Å². The fraction of sp³-hybridized carbons (Fsp3) is 0.235. The van der Waals surface area contributed by atoms with Gasteiger partial charge in [-0.25, -0.2) is 4.79 Å². The van der Waals surface area contributed by atoms with Crippen molar-refractivity contribution in [2.24, 2.45) is 0 Å². The van der Waals surface area contributed by atoms with E-state index in [1.807, 2.05) is 6.07 Å². The molecule has 2 aromatic rings. The zero-order chi connectivity index (χ0) is 13.9. The Morgan fingerprint density at radius 2 is 1.90 bits per heavy atom. The summed E-state index contributed by atoms with van der Waals surface area (Å²) in [6, 6.07) is 13.3. The Balaban J connectivity index is 1.68. The third-order valence-electron chi connectivity index (χ3n) is 3.71. The number of carbonyl (C=O) groups excluding carboxylic acids is 1. The summed E-state index contributed by atoms with van der Waals surface area (Å²) in [6.45, 7) is 0.292. The normalized spacial score (nSPS) is 13.0. The van der Waals surface area contributed by atoms with Crippen molar-refractivity contribution in [1.82, 2.24) is 0 Å². The summed E-state index contributed by atoms with van der Waals surface area (Å²) in [5.74, 6) is -0.372. The summed E-state index contributed by atoms with van der Waals surface area (Å²) >= 11 is 0. The molecule has 3 heteroatoms. The number of hydrogen-bond donors (Lipinski definition) is 1. The van der Waals surface area contributed by atoms with Crippen molar-refractivity contribution in [3.8, 4) is 0 Å². The number of fused-ring (bicyclic) bond motifs is 1. The molecule has 2 aromatic carbocycles. The van der Waals surface area contributed by atoms with Gasteiger partial charge in [0.1, 0.15) is 6.61 Å². The quantitative estimate of drug-likeness (QED) is 0.686. The molecule has 0 saturated carbocycles. The van der Waals surface area contributed by atoms with Crippen molar-refractivity contribution in [2.45, 2.75) is 25.9 Å². The molecule has 0 aliphatic heterocycles. The molecule has 1 aliphatic carbocycles. The van der Waals surface area contributed by atoms with Crippen molar-refractivity contribution >= 4 is 11.7 Å². The van der Waals surface area contributed by atoms with Crippen LogP contribution in [0.3, 0.4) is 0 Å². The Bertz CT molecular complexity index is 649. The number of aryl methyl sites for hydroxylation is 2. The minimum atomic E-state index is -0.372. The zero-order valence-corrected chi connectivity index (χ0v) is 11.3. The number of nitrogen functional groups attached to an aromatic ring is 1. The molecule has 0 saturated heterocycles. The SMILES string of the molecule is Nc1ccccc1C(=O)OCc1ccc2c(c1)CCC2. The lowest BCUT2D eigenvalue weighted by atomic mass is 10.1. The van der Waals surface area contributed by atoms with Gasteiger partial charge >= 0.3 is 5.97 Å². The number of esters is 1. The highest BCUT2D eigenvalue weighted by atomic mass is 16.5. The van der Waals surface area contributed by atoms with E-state index in [-0.39, 0.29) is 5.97 Å². The number of rotatable bonds is 3. The molecule has 0 heterocycles. The van der Waals surface area contributed by atoms with Crippen molar-refractivity contribution in [3.63, 3.8) is 0 Å². The van der Waals surface area contributed by atoms with Gasteiger partial charge in [-0.3, -0.25) is 0 Å². The van der Waals surface area contributed by atoms with Crippen LogP contribution in [0, 0.1) is 0 Å². The predicted octanol–water partition coefficient (Wildman–Crippen LogP) is 3.11. The minimum Gasteiger partial charge on any atom is -0.457 e. The maximum absolute atomic E-state index is 12.0. The van der Waals surface area contributed by atoms with Crippen LogP contribution < -0.4 is 5.73 Å². The number of para-hydroxylation sites is 1. The first-order chi connectivity index (χ1) is 9.74. The van der Waals surface area contributed by atoms with Crippen LogP contribution in [0.2, 0.25) is 0 Å². The highest BCUT2D eigenvalue weighted by molar-refractivity contribution is 5.94. The molecule has 0 unspecified atom stereocenters. The maximum Gasteiger partial charge on any atom is 0.340 e. The first kappa shape index (κ1) is 12.7. The van der Waals surface area contributed by atoms with E-state index >= 15 is 0 Å². The fourth-order valence-electron chi connectivity index (χ4n) is 2.62. The van der Waals surface area contributed by atoms with Crippen LogP contribution >= 0.6 is 0 Å². The van der Waals surface area contributed by atoms with Gasteiger partial charge in [-0.05, 0) is 48.1 Å². The maximum atomic E-state index is 12.0. The molecule has 3 nitrogen and oxygen atoms in total. The first-order valence-corrected chi connectivity index (χ1v) is 6.86. The molecule has 0 fully saturated rings. The van der Waals surface area contributed by atoms with Gasteiger partial charge in [0.2, 0.25) is 0 Å². The Morgan fingerprint density at radius 1 is 1.10 bits per heavy atom. The topological polar surface area (TPSA) is 52.3 Å². The number of carbonyl (C=O) groups is 1. The van der Waals surface area contributed by atoms with Crippen LogP contribution in [0.1, 0.15) is 33.5 Å². The van der Waals surface area contributed by atoms with E-state index in [2.05, 4.69) is 12.1 Å². The summed E-state index contributed by atoms with van der Waals surface area (Å²) < 4.78 is 5.34. The number of nitrogens with two attached hydrogens (primary N) is 1. The molecule has 0 amide bonds. The van der Waals surface area contributed by atoms with Gasteiger partial charge in [0, 0.05) is 5.69 Å². The van der Waals surface area contributed by atoms with E-state index in [0.29, 0.717) is 17.9 Å². The van der Waals surface area contributed by atoms with E-state index in [4.69, 9.17) is 10.5 Å². The summed E-state index contributed by atoms with van der Waals surface area (Å²) in [5, 5.41) is 0. The van der Waals surface area contributed by atoms with E-state index < -0.39 is 0 Å². The lowest BCUT2D eigenvalue weighted by Crippen LogP contribution is -2.08. The largest absolute Gasteiger partial charge is 0.457 e. The van der Waals surface area contributed by atoms with E-state index in [1.165, 1.54) is 17.5 Å². The Kier molecular flexibility index (Phi) is 3.42. The highest BCUT2D eigenvalue weighted by Gasteiger charge is 2.13. The second-order valence-electron chi connectivity index (χ2n) is 5.12. The highest BCUT2D eigenvalue weighted by Crippen LogP contribution is 2.23. The standard InChI is InChI=1S/C17H17NO2/c18-16-7-2-1-6-15(16)17(19)20-11-12-8-9-13-4-3-5-14(13)10-12/h1-2,6-10H,3-5,11,18H2. The van der Waals surface area contributed by atoms with Crippen LogP contribution in [-0.4, -0.2) is 5.97 Å². The van der Waals surface area contributed by atoms with Gasteiger partial charge in [0.05, 0.1) is 5.56 Å². The van der Waals surface area contributed by atoms with Gasteiger partial charge in [-0.2, -0.15) is 0 Å². The fourth-order valence-corrected chi connectivity index (χ4v) is 2.62. The Morgan fingerprint density at radius 3 is 2.75 bits per heavy atom. The molecule has 20 heavy (non-hydrogen) atoms. The summed E-state index contributed by atoms with van der Waals surface area (Å²) in [4.78, 5) is 12.0. The average Bonchev–Trinajstić information content (AvgIpc) is 2.92. The zero-order valence-electron chi connectivity index (χ0n) is 11.3. The number of hydrogen-bond acceptors (Lipinski definition) is 3. The lowest BCUT2D eigenvalue weighted by molar-refractivity contribution is 0.0474. The first-order valence-electron chi connectivity index (χ1n) is 6.86.